The fourth-order valence-corrected chi connectivity index (χ4v) is 3.55. The average molecular weight is 413 g/mol. The van der Waals surface area contributed by atoms with E-state index in [1.165, 1.54) is 0 Å². The molecule has 8 nitrogen and oxygen atoms in total. The van der Waals surface area contributed by atoms with E-state index in [4.69, 9.17) is 24.9 Å². The lowest BCUT2D eigenvalue weighted by molar-refractivity contribution is 0.163. The van der Waals surface area contributed by atoms with E-state index in [0.29, 0.717) is 43.9 Å². The van der Waals surface area contributed by atoms with Crippen molar-refractivity contribution >= 4 is 12.4 Å². The molecule has 1 aliphatic carbocycles. The number of hydrogen-bond acceptors (Lipinski definition) is 7. The van der Waals surface area contributed by atoms with E-state index in [1.54, 1.807) is 21.3 Å². The van der Waals surface area contributed by atoms with Crippen molar-refractivity contribution in [3.05, 3.63) is 35.4 Å². The first kappa shape index (κ1) is 22.4. The highest BCUT2D eigenvalue weighted by atomic mass is 35.5. The van der Waals surface area contributed by atoms with Gasteiger partial charge < -0.3 is 25.1 Å². The van der Waals surface area contributed by atoms with Crippen molar-refractivity contribution in [1.82, 2.24) is 14.8 Å². The summed E-state index contributed by atoms with van der Waals surface area (Å²) in [5.74, 6) is 3.07. The Kier molecular flexibility index (Phi) is 8.06. The van der Waals surface area contributed by atoms with Gasteiger partial charge in [0.25, 0.3) is 0 Å². The number of methoxy groups -OCH3 is 3. The number of benzene rings is 1. The number of aliphatic hydroxyl groups is 1. The van der Waals surface area contributed by atoms with E-state index in [0.717, 1.165) is 17.2 Å². The predicted molar refractivity (Wildman–Crippen MR) is 107 cm³/mol. The molecule has 1 fully saturated rings. The van der Waals surface area contributed by atoms with Gasteiger partial charge in [0.1, 0.15) is 5.82 Å². The maximum atomic E-state index is 10.0. The molecule has 0 spiro atoms. The van der Waals surface area contributed by atoms with E-state index in [2.05, 4.69) is 5.10 Å². The van der Waals surface area contributed by atoms with Crippen LogP contribution < -0.4 is 15.2 Å². The highest BCUT2D eigenvalue weighted by molar-refractivity contribution is 5.85. The lowest BCUT2D eigenvalue weighted by atomic mass is 10.1. The molecule has 1 aliphatic rings. The molecule has 3 N–H and O–H groups in total. The molecule has 28 heavy (non-hydrogen) atoms. The van der Waals surface area contributed by atoms with Gasteiger partial charge in [-0.2, -0.15) is 5.10 Å². The lowest BCUT2D eigenvalue weighted by Gasteiger charge is -2.10. The van der Waals surface area contributed by atoms with Gasteiger partial charge in [0.2, 0.25) is 0 Å². The molecule has 0 bridgehead atoms. The first-order valence-corrected chi connectivity index (χ1v) is 9.12. The maximum Gasteiger partial charge on any atom is 0.161 e. The first-order valence-electron chi connectivity index (χ1n) is 9.12. The second-order valence-corrected chi connectivity index (χ2v) is 6.87. The molecule has 2 aromatic rings. The molecule has 9 heteroatoms. The van der Waals surface area contributed by atoms with E-state index in [-0.39, 0.29) is 24.4 Å². The monoisotopic (exact) mass is 412 g/mol. The maximum absolute atomic E-state index is 10.0. The van der Waals surface area contributed by atoms with Crippen LogP contribution in [0.15, 0.2) is 18.2 Å². The molecule has 3 atom stereocenters. The van der Waals surface area contributed by atoms with Gasteiger partial charge in [-0.3, -0.25) is 0 Å². The predicted octanol–water partition coefficient (Wildman–Crippen LogP) is 1.52. The summed E-state index contributed by atoms with van der Waals surface area (Å²) in [7, 11) is 4.89. The Bertz CT molecular complexity index is 760. The van der Waals surface area contributed by atoms with Gasteiger partial charge in [0, 0.05) is 25.5 Å². The molecule has 1 saturated carbocycles. The van der Waals surface area contributed by atoms with E-state index in [1.807, 2.05) is 22.9 Å². The summed E-state index contributed by atoms with van der Waals surface area (Å²) < 4.78 is 17.7. The average Bonchev–Trinajstić information content (AvgIpc) is 3.22. The fourth-order valence-electron chi connectivity index (χ4n) is 3.55. The molecule has 1 aromatic heterocycles. The summed E-state index contributed by atoms with van der Waals surface area (Å²) in [5.41, 5.74) is 7.02. The Labute approximate surface area is 171 Å². The SMILES string of the molecule is COCCn1nc(Cc2ccc(OC)c(OC)c2)nc1[C@H]1C[C@H](N)[C@@H](O)C1.Cl. The van der Waals surface area contributed by atoms with Crippen LogP contribution in [0.5, 0.6) is 11.5 Å². The van der Waals surface area contributed by atoms with Gasteiger partial charge in [-0.1, -0.05) is 6.07 Å². The zero-order valence-electron chi connectivity index (χ0n) is 16.5. The second-order valence-electron chi connectivity index (χ2n) is 6.87. The Morgan fingerprint density at radius 3 is 2.54 bits per heavy atom. The highest BCUT2D eigenvalue weighted by Gasteiger charge is 2.34. The summed E-state index contributed by atoms with van der Waals surface area (Å²) in [6.07, 6.45) is 1.41. The normalized spacial score (nSPS) is 21.4. The summed E-state index contributed by atoms with van der Waals surface area (Å²) in [6.45, 7) is 1.17. The fraction of sp³-hybridized carbons (Fsp3) is 0.579. The summed E-state index contributed by atoms with van der Waals surface area (Å²) in [5, 5.41) is 14.7. The van der Waals surface area contributed by atoms with Gasteiger partial charge in [0.15, 0.2) is 17.3 Å². The molecule has 0 saturated heterocycles. The standard InChI is InChI=1S/C19H28N4O4.ClH/c1-25-7-6-23-19(13-10-14(20)15(24)11-13)21-18(22-23)9-12-4-5-16(26-2)17(8-12)27-3;/h4-5,8,13-15,24H,6-7,9-11,20H2,1-3H3;1H/t13-,14-,15-;/m0./s1. The molecule has 0 unspecified atom stereocenters. The van der Waals surface area contributed by atoms with Crippen molar-refractivity contribution in [1.29, 1.82) is 0 Å². The molecular formula is C19H29ClN4O4. The smallest absolute Gasteiger partial charge is 0.161 e. The third-order valence-electron chi connectivity index (χ3n) is 5.00. The third-order valence-corrected chi connectivity index (χ3v) is 5.00. The Morgan fingerprint density at radius 1 is 1.18 bits per heavy atom. The number of hydrogen-bond donors (Lipinski definition) is 2. The Hall–Kier alpha value is -1.87. The van der Waals surface area contributed by atoms with Gasteiger partial charge in [-0.15, -0.1) is 12.4 Å². The molecule has 156 valence electrons. The van der Waals surface area contributed by atoms with Gasteiger partial charge in [0.05, 0.1) is 33.5 Å². The largest absolute Gasteiger partial charge is 0.493 e. The van der Waals surface area contributed by atoms with Gasteiger partial charge in [-0.25, -0.2) is 9.67 Å². The van der Waals surface area contributed by atoms with Crippen LogP contribution in [-0.4, -0.2) is 60.0 Å². The van der Waals surface area contributed by atoms with Crippen molar-refractivity contribution in [2.24, 2.45) is 5.73 Å². The molecule has 0 amide bonds. The van der Waals surface area contributed by atoms with Gasteiger partial charge >= 0.3 is 0 Å². The Balaban J connectivity index is 0.00000280. The molecule has 3 rings (SSSR count). The number of nitrogens with two attached hydrogens (primary N) is 1. The van der Waals surface area contributed by atoms with E-state index < -0.39 is 6.10 Å². The van der Waals surface area contributed by atoms with Crippen LogP contribution in [0.1, 0.15) is 36.0 Å². The second kappa shape index (κ2) is 10.1. The minimum Gasteiger partial charge on any atom is -0.493 e. The molecule has 1 aromatic carbocycles. The summed E-state index contributed by atoms with van der Waals surface area (Å²) >= 11 is 0. The minimum atomic E-state index is -0.489. The number of aromatic nitrogens is 3. The van der Waals surface area contributed by atoms with Gasteiger partial charge in [-0.05, 0) is 30.5 Å². The number of rotatable bonds is 8. The summed E-state index contributed by atoms with van der Waals surface area (Å²) in [4.78, 5) is 4.76. The van der Waals surface area contributed by atoms with Crippen LogP contribution in [-0.2, 0) is 17.7 Å². The zero-order valence-corrected chi connectivity index (χ0v) is 17.3. The van der Waals surface area contributed by atoms with Crippen LogP contribution in [0, 0.1) is 0 Å². The van der Waals surface area contributed by atoms with Crippen LogP contribution in [0.4, 0.5) is 0 Å². The molecule has 0 aliphatic heterocycles. The van der Waals surface area contributed by atoms with Crippen LogP contribution in [0.25, 0.3) is 0 Å². The van der Waals surface area contributed by atoms with Crippen molar-refractivity contribution < 1.29 is 19.3 Å². The zero-order chi connectivity index (χ0) is 19.4. The minimum absolute atomic E-state index is 0. The van der Waals surface area contributed by atoms with E-state index in [9.17, 15) is 5.11 Å². The topological polar surface area (TPSA) is 105 Å². The van der Waals surface area contributed by atoms with Crippen molar-refractivity contribution in [2.75, 3.05) is 27.9 Å². The van der Waals surface area contributed by atoms with Crippen molar-refractivity contribution in [3.63, 3.8) is 0 Å². The number of halogens is 1. The van der Waals surface area contributed by atoms with Crippen molar-refractivity contribution in [3.8, 4) is 11.5 Å². The van der Waals surface area contributed by atoms with Crippen LogP contribution in [0.2, 0.25) is 0 Å². The molecule has 0 radical (unpaired) electrons. The van der Waals surface area contributed by atoms with E-state index >= 15 is 0 Å². The molecule has 1 heterocycles. The lowest BCUT2D eigenvalue weighted by Crippen LogP contribution is -2.28. The molecular weight excluding hydrogens is 384 g/mol. The van der Waals surface area contributed by atoms with Crippen LogP contribution in [0.3, 0.4) is 0 Å². The number of aliphatic hydroxyl groups excluding tert-OH is 1. The quantitative estimate of drug-likeness (QED) is 0.677. The number of ether oxygens (including phenoxy) is 3. The third kappa shape index (κ3) is 4.94. The Morgan fingerprint density at radius 2 is 1.93 bits per heavy atom. The number of nitrogens with zero attached hydrogens (tertiary/aromatic N) is 3. The first-order chi connectivity index (χ1) is 13.0. The summed E-state index contributed by atoms with van der Waals surface area (Å²) in [6, 6.07) is 5.58. The highest BCUT2D eigenvalue weighted by Crippen LogP contribution is 2.33. The van der Waals surface area contributed by atoms with Crippen molar-refractivity contribution in [2.45, 2.75) is 43.9 Å². The van der Waals surface area contributed by atoms with Crippen LogP contribution >= 0.6 is 12.4 Å².